The van der Waals surface area contributed by atoms with Crippen molar-refractivity contribution in [1.29, 1.82) is 0 Å². The molecule has 3 aromatic carbocycles. The first kappa shape index (κ1) is 27.3. The number of hydrogen-bond acceptors (Lipinski definition) is 5. The van der Waals surface area contributed by atoms with Crippen molar-refractivity contribution in [3.05, 3.63) is 93.7 Å². The lowest BCUT2D eigenvalue weighted by molar-refractivity contribution is -0.131. The van der Waals surface area contributed by atoms with Crippen LogP contribution in [0.3, 0.4) is 0 Å². The topological polar surface area (TPSA) is 58.4 Å². The number of fused-ring (bicyclic) bond motifs is 1. The average molecular weight is 561 g/mol. The molecule has 8 heteroatoms. The number of anilines is 1. The summed E-state index contributed by atoms with van der Waals surface area (Å²) in [5.74, 6) is 0.109. The number of unbranched alkanes of at least 4 members (excludes halogenated alkanes) is 1. The van der Waals surface area contributed by atoms with E-state index < -0.39 is 0 Å². The van der Waals surface area contributed by atoms with Crippen LogP contribution in [0.4, 0.5) is 5.69 Å². The molecule has 1 aliphatic heterocycles. The number of para-hydroxylation sites is 2. The van der Waals surface area contributed by atoms with Gasteiger partial charge in [0.2, 0.25) is 5.91 Å². The monoisotopic (exact) mass is 560 g/mol. The van der Waals surface area contributed by atoms with Gasteiger partial charge in [-0.1, -0.05) is 79.5 Å². The fourth-order valence-corrected chi connectivity index (χ4v) is 6.44. The maximum Gasteiger partial charge on any atom is 0.266 e. The number of piperazine rings is 1. The van der Waals surface area contributed by atoms with Crippen molar-refractivity contribution in [2.75, 3.05) is 31.1 Å². The van der Waals surface area contributed by atoms with Gasteiger partial charge in [0.15, 0.2) is 5.16 Å². The Morgan fingerprint density at radius 3 is 2.41 bits per heavy atom. The molecule has 0 N–H and O–H groups in total. The molecule has 0 radical (unpaired) electrons. The summed E-state index contributed by atoms with van der Waals surface area (Å²) in [4.78, 5) is 37.0. The molecule has 1 aliphatic rings. The molecule has 4 aromatic rings. The highest BCUT2D eigenvalue weighted by Crippen LogP contribution is 2.31. The van der Waals surface area contributed by atoms with E-state index in [0.29, 0.717) is 39.9 Å². The van der Waals surface area contributed by atoms with Crippen LogP contribution in [0.1, 0.15) is 31.7 Å². The zero-order valence-corrected chi connectivity index (χ0v) is 23.9. The molecule has 1 fully saturated rings. The smallest absolute Gasteiger partial charge is 0.266 e. The Labute approximate surface area is 238 Å². The van der Waals surface area contributed by atoms with Gasteiger partial charge in [-0.2, -0.15) is 0 Å². The summed E-state index contributed by atoms with van der Waals surface area (Å²) in [7, 11) is 0. The van der Waals surface area contributed by atoms with Gasteiger partial charge in [-0.05, 0) is 55.3 Å². The molecule has 5 rings (SSSR count). The third-order valence-electron chi connectivity index (χ3n) is 7.19. The second-order valence-electron chi connectivity index (χ2n) is 9.88. The number of nitrogens with zero attached hydrogens (tertiary/aromatic N) is 4. The number of carbonyl (C=O) groups excluding carboxylic acids is 1. The first-order valence-electron chi connectivity index (χ1n) is 13.5. The van der Waals surface area contributed by atoms with Gasteiger partial charge in [-0.25, -0.2) is 4.98 Å². The number of amides is 1. The van der Waals surface area contributed by atoms with E-state index in [1.807, 2.05) is 54.3 Å². The molecule has 39 heavy (non-hydrogen) atoms. The average Bonchev–Trinajstić information content (AvgIpc) is 2.96. The van der Waals surface area contributed by atoms with Gasteiger partial charge in [-0.3, -0.25) is 14.2 Å². The van der Waals surface area contributed by atoms with Crippen LogP contribution in [0.2, 0.25) is 5.02 Å². The third-order valence-corrected chi connectivity index (χ3v) is 8.63. The van der Waals surface area contributed by atoms with Gasteiger partial charge in [0.25, 0.3) is 5.56 Å². The lowest BCUT2D eigenvalue weighted by Gasteiger charge is -2.37. The summed E-state index contributed by atoms with van der Waals surface area (Å²) in [6.07, 6.45) is 2.62. The second kappa shape index (κ2) is 12.3. The molecule has 1 unspecified atom stereocenters. The van der Waals surface area contributed by atoms with Crippen LogP contribution >= 0.6 is 23.4 Å². The fraction of sp³-hybridized carbons (Fsp3) is 0.323. The van der Waals surface area contributed by atoms with Crippen molar-refractivity contribution in [2.45, 2.75) is 43.5 Å². The van der Waals surface area contributed by atoms with Gasteiger partial charge in [0, 0.05) is 36.9 Å². The van der Waals surface area contributed by atoms with Crippen LogP contribution in [0.5, 0.6) is 0 Å². The molecule has 2 heterocycles. The van der Waals surface area contributed by atoms with Crippen LogP contribution in [0, 0.1) is 6.92 Å². The molecule has 0 bridgehead atoms. The number of hydrogen-bond donors (Lipinski definition) is 0. The van der Waals surface area contributed by atoms with E-state index in [9.17, 15) is 9.59 Å². The minimum atomic E-state index is -0.341. The number of carbonyl (C=O) groups is 1. The summed E-state index contributed by atoms with van der Waals surface area (Å²) in [5.41, 5.74) is 3.26. The minimum Gasteiger partial charge on any atom is -0.368 e. The highest BCUT2D eigenvalue weighted by Gasteiger charge is 2.30. The number of aryl methyl sites for hydroxylation is 1. The number of rotatable bonds is 8. The second-order valence-corrected chi connectivity index (χ2v) is 11.5. The molecule has 1 amide bonds. The Kier molecular flexibility index (Phi) is 8.58. The van der Waals surface area contributed by atoms with Crippen molar-refractivity contribution >= 4 is 45.9 Å². The number of aromatic nitrogens is 2. The Morgan fingerprint density at radius 1 is 0.974 bits per heavy atom. The van der Waals surface area contributed by atoms with Crippen LogP contribution in [0.25, 0.3) is 16.6 Å². The summed E-state index contributed by atoms with van der Waals surface area (Å²) < 4.78 is 1.61. The van der Waals surface area contributed by atoms with Crippen LogP contribution in [-0.4, -0.2) is 51.8 Å². The molecule has 6 nitrogen and oxygen atoms in total. The summed E-state index contributed by atoms with van der Waals surface area (Å²) in [6.45, 7) is 7.01. The van der Waals surface area contributed by atoms with E-state index in [1.54, 1.807) is 22.8 Å². The third kappa shape index (κ3) is 5.99. The Bertz CT molecular complexity index is 1520. The Hall–Kier alpha value is -3.29. The Morgan fingerprint density at radius 2 is 1.69 bits per heavy atom. The number of benzene rings is 3. The van der Waals surface area contributed by atoms with E-state index in [-0.39, 0.29) is 16.7 Å². The van der Waals surface area contributed by atoms with Crippen LogP contribution < -0.4 is 10.5 Å². The van der Waals surface area contributed by atoms with E-state index >= 15 is 0 Å². The summed E-state index contributed by atoms with van der Waals surface area (Å²) in [5, 5.41) is 1.26. The lowest BCUT2D eigenvalue weighted by atomic mass is 10.1. The van der Waals surface area contributed by atoms with Crippen molar-refractivity contribution in [1.82, 2.24) is 14.5 Å². The normalized spacial score (nSPS) is 14.5. The molecule has 202 valence electrons. The highest BCUT2D eigenvalue weighted by molar-refractivity contribution is 8.00. The first-order valence-corrected chi connectivity index (χ1v) is 14.8. The standard InChI is InChI=1S/C31H33ClN4O2S/c1-3-4-16-27(30(38)35-19-17-34(18-20-35)24-12-6-5-7-13-24)39-31-33-28-22(2)10-8-15-26(28)29(37)36(31)25-14-9-11-23(32)21-25/h5-15,21,27H,3-4,16-20H2,1-2H3. The SMILES string of the molecule is CCCCC(Sc1nc2c(C)cccc2c(=O)n1-c1cccc(Cl)c1)C(=O)N1CCN(c2ccccc2)CC1. The predicted octanol–water partition coefficient (Wildman–Crippen LogP) is 6.35. The van der Waals surface area contributed by atoms with Gasteiger partial charge >= 0.3 is 0 Å². The van der Waals surface area contributed by atoms with E-state index in [1.165, 1.54) is 17.4 Å². The molecule has 1 aromatic heterocycles. The van der Waals surface area contributed by atoms with Crippen molar-refractivity contribution in [3.63, 3.8) is 0 Å². The molecular weight excluding hydrogens is 528 g/mol. The minimum absolute atomic E-state index is 0.109. The maximum absolute atomic E-state index is 13.9. The zero-order valence-electron chi connectivity index (χ0n) is 22.3. The molecule has 0 saturated carbocycles. The van der Waals surface area contributed by atoms with Gasteiger partial charge in [0.1, 0.15) is 0 Å². The number of halogens is 1. The lowest BCUT2D eigenvalue weighted by Crippen LogP contribution is -2.51. The quantitative estimate of drug-likeness (QED) is 0.186. The van der Waals surface area contributed by atoms with E-state index in [4.69, 9.17) is 16.6 Å². The van der Waals surface area contributed by atoms with E-state index in [0.717, 1.165) is 37.9 Å². The molecular formula is C31H33ClN4O2S. The molecule has 1 atom stereocenters. The Balaban J connectivity index is 1.47. The van der Waals surface area contributed by atoms with Crippen molar-refractivity contribution < 1.29 is 4.79 Å². The van der Waals surface area contributed by atoms with Crippen LogP contribution in [-0.2, 0) is 4.79 Å². The summed E-state index contributed by atoms with van der Waals surface area (Å²) in [6, 6.07) is 23.2. The van der Waals surface area contributed by atoms with E-state index in [2.05, 4.69) is 24.0 Å². The van der Waals surface area contributed by atoms with Gasteiger partial charge in [0.05, 0.1) is 21.8 Å². The van der Waals surface area contributed by atoms with Crippen molar-refractivity contribution in [2.24, 2.45) is 0 Å². The molecule has 0 spiro atoms. The zero-order chi connectivity index (χ0) is 27.4. The van der Waals surface area contributed by atoms with Crippen molar-refractivity contribution in [3.8, 4) is 5.69 Å². The maximum atomic E-state index is 13.9. The summed E-state index contributed by atoms with van der Waals surface area (Å²) >= 11 is 7.71. The molecule has 0 aliphatic carbocycles. The number of thioether (sulfide) groups is 1. The van der Waals surface area contributed by atoms with Crippen LogP contribution in [0.15, 0.2) is 82.7 Å². The predicted molar refractivity (Wildman–Crippen MR) is 161 cm³/mol. The first-order chi connectivity index (χ1) is 19.0. The van der Waals surface area contributed by atoms with Gasteiger partial charge < -0.3 is 9.80 Å². The largest absolute Gasteiger partial charge is 0.368 e. The van der Waals surface area contributed by atoms with Gasteiger partial charge in [-0.15, -0.1) is 0 Å². The fourth-order valence-electron chi connectivity index (χ4n) is 5.03. The molecule has 1 saturated heterocycles. The highest BCUT2D eigenvalue weighted by atomic mass is 35.5.